The second kappa shape index (κ2) is 9.81. The van der Waals surface area contributed by atoms with Crippen LogP contribution in [-0.4, -0.2) is 63.7 Å². The van der Waals surface area contributed by atoms with Gasteiger partial charge >= 0.3 is 0 Å². The van der Waals surface area contributed by atoms with Crippen molar-refractivity contribution >= 4 is 17.6 Å². The molecule has 1 aliphatic heterocycles. The third-order valence-electron chi connectivity index (χ3n) is 4.83. The van der Waals surface area contributed by atoms with Gasteiger partial charge in [0.05, 0.1) is 23.8 Å². The molecule has 1 fully saturated rings. The van der Waals surface area contributed by atoms with Gasteiger partial charge in [0.15, 0.2) is 5.82 Å². The summed E-state index contributed by atoms with van der Waals surface area (Å²) in [6.45, 7) is 3.20. The van der Waals surface area contributed by atoms with Gasteiger partial charge in [-0.3, -0.25) is 14.4 Å². The Kier molecular flexibility index (Phi) is 7.10. The summed E-state index contributed by atoms with van der Waals surface area (Å²) in [5.74, 6) is -0.791. The number of hydrogen-bond donors (Lipinski definition) is 3. The van der Waals surface area contributed by atoms with Crippen molar-refractivity contribution in [3.63, 3.8) is 0 Å². The second-order valence-corrected chi connectivity index (χ2v) is 8.39. The van der Waals surface area contributed by atoms with E-state index in [-0.39, 0.29) is 35.6 Å². The number of carbonyl (C=O) groups is 2. The molecule has 1 aromatic carbocycles. The van der Waals surface area contributed by atoms with Crippen LogP contribution in [0.5, 0.6) is 5.88 Å². The van der Waals surface area contributed by atoms with Crippen LogP contribution in [-0.2, 0) is 9.63 Å². The summed E-state index contributed by atoms with van der Waals surface area (Å²) in [5, 5.41) is 19.0. The number of piperidine rings is 1. The number of hydrogen-bond acceptors (Lipinski definition) is 9. The van der Waals surface area contributed by atoms with Gasteiger partial charge in [0.25, 0.3) is 5.91 Å². The zero-order chi connectivity index (χ0) is 24.2. The zero-order valence-electron chi connectivity index (χ0n) is 18.7. The number of hydroxylamine groups is 1. The number of anilines is 1. The molecule has 2 aromatic rings. The van der Waals surface area contributed by atoms with Gasteiger partial charge in [-0.15, -0.1) is 0 Å². The van der Waals surface area contributed by atoms with Crippen molar-refractivity contribution in [3.8, 4) is 23.3 Å². The Morgan fingerprint density at radius 1 is 1.42 bits per heavy atom. The number of amides is 2. The van der Waals surface area contributed by atoms with Crippen LogP contribution >= 0.6 is 0 Å². The van der Waals surface area contributed by atoms with Gasteiger partial charge in [-0.05, 0) is 32.4 Å². The van der Waals surface area contributed by atoms with Gasteiger partial charge < -0.3 is 20.5 Å². The van der Waals surface area contributed by atoms with Crippen molar-refractivity contribution < 1.29 is 24.3 Å². The lowest BCUT2D eigenvalue weighted by molar-refractivity contribution is -0.134. The molecule has 11 heteroatoms. The molecule has 11 nitrogen and oxygen atoms in total. The number of nitrogen functional groups attached to an aromatic ring is 1. The lowest BCUT2D eigenvalue weighted by Gasteiger charge is -2.30. The van der Waals surface area contributed by atoms with E-state index in [1.807, 2.05) is 6.07 Å². The molecule has 2 heterocycles. The zero-order valence-corrected chi connectivity index (χ0v) is 18.7. The minimum atomic E-state index is -1.16. The summed E-state index contributed by atoms with van der Waals surface area (Å²) >= 11 is 0. The molecule has 1 aromatic heterocycles. The lowest BCUT2D eigenvalue weighted by Crippen LogP contribution is -2.42. The number of aliphatic hydroxyl groups is 1. The van der Waals surface area contributed by atoms with E-state index >= 15 is 0 Å². The van der Waals surface area contributed by atoms with Gasteiger partial charge in [0.2, 0.25) is 11.8 Å². The van der Waals surface area contributed by atoms with Crippen molar-refractivity contribution in [1.29, 1.82) is 5.26 Å². The number of ether oxygens (including phenoxy) is 1. The van der Waals surface area contributed by atoms with Crippen LogP contribution < -0.4 is 16.0 Å². The van der Waals surface area contributed by atoms with Gasteiger partial charge in [0, 0.05) is 19.0 Å². The maximum absolute atomic E-state index is 12.8. The highest BCUT2D eigenvalue weighted by Gasteiger charge is 2.29. The monoisotopic (exact) mass is 454 g/mol. The molecule has 33 heavy (non-hydrogen) atoms. The summed E-state index contributed by atoms with van der Waals surface area (Å²) < 4.78 is 6.02. The maximum Gasteiger partial charge on any atom is 0.284 e. The first-order valence-electron chi connectivity index (χ1n) is 10.3. The lowest BCUT2D eigenvalue weighted by atomic mass is 10.1. The predicted molar refractivity (Wildman–Crippen MR) is 118 cm³/mol. The second-order valence-electron chi connectivity index (χ2n) is 8.39. The summed E-state index contributed by atoms with van der Waals surface area (Å²) in [6.07, 6.45) is 0.335. The molecule has 4 N–H and O–H groups in total. The van der Waals surface area contributed by atoms with Crippen molar-refractivity contribution in [2.75, 3.05) is 25.9 Å². The predicted octanol–water partition coefficient (Wildman–Crippen LogP) is 1.03. The number of nitrogens with one attached hydrogen (secondary N) is 1. The largest absolute Gasteiger partial charge is 0.472 e. The molecule has 0 radical (unpaired) electrons. The molecule has 0 saturated carbocycles. The van der Waals surface area contributed by atoms with E-state index < -0.39 is 17.6 Å². The standard InChI is InChI=1S/C22H26N6O5/c1-22(2,31)12-32-27-20(30)17-18(24)25-19(14-6-4-5-13(9-14)10-23)26-21(17)33-15-7-8-16(29)28(3)11-15/h4-6,9,15,31H,7-8,11-12H2,1-3H3,(H,27,30)(H2,24,25,26). The number of nitrogens with zero attached hydrogens (tertiary/aromatic N) is 4. The molecule has 174 valence electrons. The highest BCUT2D eigenvalue weighted by atomic mass is 16.7. The third kappa shape index (κ3) is 6.15. The van der Waals surface area contributed by atoms with Gasteiger partial charge in [-0.25, -0.2) is 10.5 Å². The molecule has 1 atom stereocenters. The molecule has 3 rings (SSSR count). The number of aromatic nitrogens is 2. The number of likely N-dealkylation sites (N-methyl/N-ethyl adjacent to an activating group) is 1. The van der Waals surface area contributed by atoms with E-state index in [4.69, 9.17) is 15.3 Å². The summed E-state index contributed by atoms with van der Waals surface area (Å²) in [6, 6.07) is 8.67. The van der Waals surface area contributed by atoms with Crippen LogP contribution in [0, 0.1) is 11.3 Å². The van der Waals surface area contributed by atoms with Crippen molar-refractivity contribution in [2.24, 2.45) is 0 Å². The molecular weight excluding hydrogens is 428 g/mol. The summed E-state index contributed by atoms with van der Waals surface area (Å²) in [5.41, 5.74) is 7.97. The highest BCUT2D eigenvalue weighted by Crippen LogP contribution is 2.28. The minimum Gasteiger partial charge on any atom is -0.472 e. The van der Waals surface area contributed by atoms with Crippen LogP contribution in [0.3, 0.4) is 0 Å². The van der Waals surface area contributed by atoms with Crippen molar-refractivity contribution in [1.82, 2.24) is 20.3 Å². The molecule has 1 unspecified atom stereocenters. The molecular formula is C22H26N6O5. The Bertz CT molecular complexity index is 1090. The maximum atomic E-state index is 12.8. The number of nitriles is 1. The van der Waals surface area contributed by atoms with E-state index in [2.05, 4.69) is 15.4 Å². The number of carbonyl (C=O) groups excluding carboxylic acids is 2. The van der Waals surface area contributed by atoms with Crippen LogP contribution in [0.25, 0.3) is 11.4 Å². The quantitative estimate of drug-likeness (QED) is 0.518. The van der Waals surface area contributed by atoms with Crippen LogP contribution in [0.2, 0.25) is 0 Å². The van der Waals surface area contributed by atoms with Crippen molar-refractivity contribution in [2.45, 2.75) is 38.4 Å². The summed E-state index contributed by atoms with van der Waals surface area (Å²) in [7, 11) is 1.67. The van der Waals surface area contributed by atoms with Crippen LogP contribution in [0.1, 0.15) is 42.6 Å². The minimum absolute atomic E-state index is 0.00374. The summed E-state index contributed by atoms with van der Waals surface area (Å²) in [4.78, 5) is 39.9. The molecule has 0 spiro atoms. The molecule has 0 aliphatic carbocycles. The third-order valence-corrected chi connectivity index (χ3v) is 4.83. The number of rotatable bonds is 7. The molecule has 2 amide bonds. The first kappa shape index (κ1) is 23.9. The number of benzene rings is 1. The van der Waals surface area contributed by atoms with Crippen molar-refractivity contribution in [3.05, 3.63) is 35.4 Å². The average Bonchev–Trinajstić information content (AvgIpc) is 2.75. The molecule has 0 bridgehead atoms. The smallest absolute Gasteiger partial charge is 0.284 e. The highest BCUT2D eigenvalue weighted by molar-refractivity contribution is 6.00. The average molecular weight is 454 g/mol. The van der Waals surface area contributed by atoms with Gasteiger partial charge in [-0.2, -0.15) is 10.2 Å². The first-order valence-corrected chi connectivity index (χ1v) is 10.3. The Balaban J connectivity index is 1.95. The number of nitrogens with two attached hydrogens (primary N) is 1. The van der Waals surface area contributed by atoms with Crippen LogP contribution in [0.4, 0.5) is 5.82 Å². The Hall–Kier alpha value is -3.75. The molecule has 1 aliphatic rings. The van der Waals surface area contributed by atoms with E-state index in [9.17, 15) is 20.0 Å². The fourth-order valence-electron chi connectivity index (χ4n) is 3.17. The van der Waals surface area contributed by atoms with Gasteiger partial charge in [0.1, 0.15) is 24.1 Å². The topological polar surface area (TPSA) is 164 Å². The van der Waals surface area contributed by atoms with E-state index in [1.165, 1.54) is 13.8 Å². The van der Waals surface area contributed by atoms with Crippen LogP contribution in [0.15, 0.2) is 24.3 Å². The van der Waals surface area contributed by atoms with E-state index in [1.54, 1.807) is 36.2 Å². The number of likely N-dealkylation sites (tertiary alicyclic amines) is 1. The first-order chi connectivity index (χ1) is 15.6. The Morgan fingerprint density at radius 2 is 2.18 bits per heavy atom. The Labute approximate surface area is 191 Å². The van der Waals surface area contributed by atoms with Gasteiger partial charge in [-0.1, -0.05) is 12.1 Å². The Morgan fingerprint density at radius 3 is 2.85 bits per heavy atom. The normalized spacial score (nSPS) is 16.3. The fraction of sp³-hybridized carbons (Fsp3) is 0.409. The van der Waals surface area contributed by atoms with E-state index in [0.717, 1.165) is 0 Å². The SMILES string of the molecule is CN1CC(Oc2nc(-c3cccc(C#N)c3)nc(N)c2C(=O)NOCC(C)(C)O)CCC1=O. The van der Waals surface area contributed by atoms with E-state index in [0.29, 0.717) is 30.5 Å². The molecule has 1 saturated heterocycles. The fourth-order valence-corrected chi connectivity index (χ4v) is 3.17.